The van der Waals surface area contributed by atoms with Crippen molar-refractivity contribution < 1.29 is 28.6 Å². The summed E-state index contributed by atoms with van der Waals surface area (Å²) in [5.74, 6) is -1.55. The van der Waals surface area contributed by atoms with Gasteiger partial charge >= 0.3 is 0 Å². The van der Waals surface area contributed by atoms with Gasteiger partial charge in [0.15, 0.2) is 11.5 Å². The van der Waals surface area contributed by atoms with Crippen molar-refractivity contribution in [3.05, 3.63) is 65.0 Å². The number of hydrogen-bond acceptors (Lipinski definition) is 6. The van der Waals surface area contributed by atoms with E-state index in [1.54, 1.807) is 30.3 Å². The second-order valence-corrected chi connectivity index (χ2v) is 7.90. The summed E-state index contributed by atoms with van der Waals surface area (Å²) in [5.41, 5.74) is 0.319. The van der Waals surface area contributed by atoms with Crippen molar-refractivity contribution in [1.29, 1.82) is 0 Å². The van der Waals surface area contributed by atoms with Crippen molar-refractivity contribution in [2.45, 2.75) is 19.9 Å². The molecule has 1 amide bonds. The molecule has 1 atom stereocenters. The van der Waals surface area contributed by atoms with Crippen LogP contribution in [0.5, 0.6) is 11.5 Å². The number of carbonyl (C=O) groups excluding carboxylic acids is 2. The van der Waals surface area contributed by atoms with Crippen LogP contribution in [0.25, 0.3) is 5.76 Å². The van der Waals surface area contributed by atoms with Gasteiger partial charge in [-0.15, -0.1) is 0 Å². The molecule has 0 aromatic heterocycles. The number of amides is 1. The van der Waals surface area contributed by atoms with Crippen LogP contribution in [0.2, 0.25) is 0 Å². The second-order valence-electron chi connectivity index (χ2n) is 7.90. The minimum Gasteiger partial charge on any atom is -0.507 e. The van der Waals surface area contributed by atoms with Gasteiger partial charge in [-0.25, -0.2) is 4.39 Å². The van der Waals surface area contributed by atoms with E-state index in [1.165, 1.54) is 17.0 Å². The number of ether oxygens (including phenoxy) is 2. The molecule has 33 heavy (non-hydrogen) atoms. The molecule has 2 heterocycles. The first-order valence-electron chi connectivity index (χ1n) is 11.1. The SMILES string of the molecule is CCN(CC)CCN1C(=O)C(=O)/C(=C(/O)c2ccc3c(c2)OCCO3)[C@H]1c1ccccc1F. The summed E-state index contributed by atoms with van der Waals surface area (Å²) in [7, 11) is 0. The first-order valence-corrected chi connectivity index (χ1v) is 11.1. The van der Waals surface area contributed by atoms with E-state index in [-0.39, 0.29) is 23.4 Å². The Morgan fingerprint density at radius 3 is 2.48 bits per heavy atom. The molecule has 1 saturated heterocycles. The van der Waals surface area contributed by atoms with Gasteiger partial charge in [0.05, 0.1) is 11.6 Å². The molecule has 0 unspecified atom stereocenters. The number of carbonyl (C=O) groups is 2. The standard InChI is InChI=1S/C25H27FN2O5/c1-3-27(4-2)11-12-28-22(17-7-5-6-8-18(17)26)21(24(30)25(28)31)23(29)16-9-10-19-20(15-16)33-14-13-32-19/h5-10,15,22,29H,3-4,11-14H2,1-2H3/b23-21+/t22-/m1/s1. The lowest BCUT2D eigenvalue weighted by atomic mass is 9.94. The van der Waals surface area contributed by atoms with E-state index in [2.05, 4.69) is 4.90 Å². The number of hydrogen-bond donors (Lipinski definition) is 1. The average molecular weight is 454 g/mol. The number of likely N-dealkylation sites (tertiary alicyclic amines) is 1. The first kappa shape index (κ1) is 22.8. The summed E-state index contributed by atoms with van der Waals surface area (Å²) < 4.78 is 26.0. The van der Waals surface area contributed by atoms with E-state index < -0.39 is 23.5 Å². The summed E-state index contributed by atoms with van der Waals surface area (Å²) in [6, 6.07) is 9.76. The van der Waals surface area contributed by atoms with Gasteiger partial charge in [-0.1, -0.05) is 32.0 Å². The van der Waals surface area contributed by atoms with Crippen molar-refractivity contribution in [1.82, 2.24) is 9.80 Å². The van der Waals surface area contributed by atoms with Crippen LogP contribution in [0, 0.1) is 5.82 Å². The van der Waals surface area contributed by atoms with Crippen molar-refractivity contribution >= 4 is 17.4 Å². The van der Waals surface area contributed by atoms with E-state index in [0.29, 0.717) is 36.8 Å². The molecule has 2 aromatic carbocycles. The van der Waals surface area contributed by atoms with Crippen LogP contribution in [0.3, 0.4) is 0 Å². The molecule has 0 spiro atoms. The van der Waals surface area contributed by atoms with Crippen LogP contribution in [0.15, 0.2) is 48.0 Å². The van der Waals surface area contributed by atoms with E-state index in [1.807, 2.05) is 13.8 Å². The molecule has 174 valence electrons. The number of halogens is 1. The number of nitrogens with zero attached hydrogens (tertiary/aromatic N) is 2. The highest BCUT2D eigenvalue weighted by atomic mass is 19.1. The van der Waals surface area contributed by atoms with E-state index in [9.17, 15) is 19.1 Å². The number of Topliss-reactive ketones (excluding diaryl/α,β-unsaturated/α-hetero) is 1. The zero-order chi connectivity index (χ0) is 23.5. The number of ketones is 1. The third-order valence-corrected chi connectivity index (χ3v) is 6.11. The van der Waals surface area contributed by atoms with Crippen LogP contribution >= 0.6 is 0 Å². The lowest BCUT2D eigenvalue weighted by Crippen LogP contribution is -2.38. The number of aliphatic hydroxyl groups is 1. The van der Waals surface area contributed by atoms with Crippen LogP contribution < -0.4 is 9.47 Å². The lowest BCUT2D eigenvalue weighted by molar-refractivity contribution is -0.140. The highest BCUT2D eigenvalue weighted by Gasteiger charge is 2.46. The van der Waals surface area contributed by atoms with E-state index >= 15 is 0 Å². The summed E-state index contributed by atoms with van der Waals surface area (Å²) in [5, 5.41) is 11.2. The predicted octanol–water partition coefficient (Wildman–Crippen LogP) is 3.36. The van der Waals surface area contributed by atoms with Gasteiger partial charge in [0.2, 0.25) is 0 Å². The van der Waals surface area contributed by atoms with Crippen LogP contribution in [-0.4, -0.2) is 66.0 Å². The molecule has 0 radical (unpaired) electrons. The number of rotatable bonds is 7. The monoisotopic (exact) mass is 454 g/mol. The molecule has 1 fully saturated rings. The zero-order valence-electron chi connectivity index (χ0n) is 18.7. The minimum atomic E-state index is -1.03. The number of likely N-dealkylation sites (N-methyl/N-ethyl adjacent to an activating group) is 1. The zero-order valence-corrected chi connectivity index (χ0v) is 18.7. The summed E-state index contributed by atoms with van der Waals surface area (Å²) in [6.07, 6.45) is 0. The first-order chi connectivity index (χ1) is 16.0. The molecule has 0 aliphatic carbocycles. The van der Waals surface area contributed by atoms with Gasteiger partial charge < -0.3 is 24.4 Å². The molecule has 2 aliphatic heterocycles. The van der Waals surface area contributed by atoms with Crippen molar-refractivity contribution in [3.63, 3.8) is 0 Å². The maximum atomic E-state index is 14.9. The fraction of sp³-hybridized carbons (Fsp3) is 0.360. The molecule has 2 aromatic rings. The smallest absolute Gasteiger partial charge is 0.295 e. The Balaban J connectivity index is 1.80. The normalized spacial score (nSPS) is 19.4. The third kappa shape index (κ3) is 4.30. The average Bonchev–Trinajstić information content (AvgIpc) is 3.09. The molecule has 7 nitrogen and oxygen atoms in total. The summed E-state index contributed by atoms with van der Waals surface area (Å²) in [6.45, 7) is 7.11. The fourth-order valence-corrected chi connectivity index (χ4v) is 4.27. The molecule has 4 rings (SSSR count). The lowest BCUT2D eigenvalue weighted by Gasteiger charge is -2.28. The van der Waals surface area contributed by atoms with Crippen LogP contribution in [0.1, 0.15) is 31.0 Å². The van der Waals surface area contributed by atoms with Gasteiger partial charge in [-0.2, -0.15) is 0 Å². The number of fused-ring (bicyclic) bond motifs is 1. The van der Waals surface area contributed by atoms with Crippen molar-refractivity contribution in [2.24, 2.45) is 0 Å². The highest BCUT2D eigenvalue weighted by molar-refractivity contribution is 6.46. The molecule has 8 heteroatoms. The molecule has 2 aliphatic rings. The van der Waals surface area contributed by atoms with Crippen molar-refractivity contribution in [3.8, 4) is 11.5 Å². The van der Waals surface area contributed by atoms with E-state index in [0.717, 1.165) is 13.1 Å². The molecular weight excluding hydrogens is 427 g/mol. The Labute approximate surface area is 192 Å². The van der Waals surface area contributed by atoms with Gasteiger partial charge in [-0.05, 0) is 37.4 Å². The maximum absolute atomic E-state index is 14.9. The highest BCUT2D eigenvalue weighted by Crippen LogP contribution is 2.41. The Hall–Kier alpha value is -3.39. The van der Waals surface area contributed by atoms with Gasteiger partial charge in [-0.3, -0.25) is 9.59 Å². The van der Waals surface area contributed by atoms with Gasteiger partial charge in [0.25, 0.3) is 11.7 Å². The Kier molecular flexibility index (Phi) is 6.65. The van der Waals surface area contributed by atoms with Crippen LogP contribution in [0.4, 0.5) is 4.39 Å². The minimum absolute atomic E-state index is 0.138. The largest absolute Gasteiger partial charge is 0.507 e. The number of aliphatic hydroxyl groups excluding tert-OH is 1. The fourth-order valence-electron chi connectivity index (χ4n) is 4.27. The van der Waals surface area contributed by atoms with E-state index in [4.69, 9.17) is 9.47 Å². The van der Waals surface area contributed by atoms with Crippen molar-refractivity contribution in [2.75, 3.05) is 39.4 Å². The Morgan fingerprint density at radius 1 is 1.09 bits per heavy atom. The van der Waals surface area contributed by atoms with Crippen LogP contribution in [-0.2, 0) is 9.59 Å². The topological polar surface area (TPSA) is 79.3 Å². The van der Waals surface area contributed by atoms with Gasteiger partial charge in [0, 0.05) is 24.2 Å². The maximum Gasteiger partial charge on any atom is 0.295 e. The quantitative estimate of drug-likeness (QED) is 0.393. The predicted molar refractivity (Wildman–Crippen MR) is 121 cm³/mol. The summed E-state index contributed by atoms with van der Waals surface area (Å²) >= 11 is 0. The Bertz CT molecular complexity index is 1100. The summed E-state index contributed by atoms with van der Waals surface area (Å²) in [4.78, 5) is 29.6. The Morgan fingerprint density at radius 2 is 1.79 bits per heavy atom. The molecular formula is C25H27FN2O5. The molecule has 0 saturated carbocycles. The second kappa shape index (κ2) is 9.62. The number of benzene rings is 2. The van der Waals surface area contributed by atoms with Gasteiger partial charge in [0.1, 0.15) is 24.8 Å². The third-order valence-electron chi connectivity index (χ3n) is 6.11. The molecule has 1 N–H and O–H groups in total. The molecule has 0 bridgehead atoms.